The minimum absolute atomic E-state index is 0.0426. The number of nitro benzene ring substituents is 1. The topological polar surface area (TPSA) is 90.8 Å². The minimum Gasteiger partial charge on any atom is -0.497 e. The first-order valence-electron chi connectivity index (χ1n) is 6.93. The fourth-order valence-electron chi connectivity index (χ4n) is 2.64. The second-order valence-corrected chi connectivity index (χ2v) is 6.13. The number of nitrogens with zero attached hydrogens (tertiary/aromatic N) is 2. The summed E-state index contributed by atoms with van der Waals surface area (Å²) < 4.78 is 5.19. The molecule has 0 bridgehead atoms. The molecular weight excluding hydrogens is 314 g/mol. The number of non-ortho nitro benzene ring substituents is 1. The van der Waals surface area contributed by atoms with Gasteiger partial charge in [-0.1, -0.05) is 36.0 Å². The summed E-state index contributed by atoms with van der Waals surface area (Å²) in [4.78, 5) is 15.3. The highest BCUT2D eigenvalue weighted by Crippen LogP contribution is 2.42. The van der Waals surface area contributed by atoms with Gasteiger partial charge >= 0.3 is 0 Å². The molecule has 2 N–H and O–H groups in total. The summed E-state index contributed by atoms with van der Waals surface area (Å²) in [5.41, 5.74) is 6.90. The molecule has 1 heterocycles. The van der Waals surface area contributed by atoms with Crippen molar-refractivity contribution in [1.29, 1.82) is 0 Å². The highest BCUT2D eigenvalue weighted by Gasteiger charge is 2.39. The highest BCUT2D eigenvalue weighted by atomic mass is 32.2. The molecular formula is C16H15N3O3S. The van der Waals surface area contributed by atoms with Crippen molar-refractivity contribution in [2.24, 2.45) is 10.7 Å². The number of hydrogen-bond donors (Lipinski definition) is 1. The van der Waals surface area contributed by atoms with Crippen LogP contribution in [0.4, 0.5) is 5.69 Å². The molecule has 2 aromatic carbocycles. The predicted octanol–water partition coefficient (Wildman–Crippen LogP) is 2.91. The number of amidine groups is 1. The van der Waals surface area contributed by atoms with Crippen molar-refractivity contribution in [3.63, 3.8) is 0 Å². The Morgan fingerprint density at radius 2 is 2.00 bits per heavy atom. The number of ether oxygens (including phenoxy) is 1. The summed E-state index contributed by atoms with van der Waals surface area (Å²) in [6.45, 7) is 0. The quantitative estimate of drug-likeness (QED) is 0.688. The maximum atomic E-state index is 11.1. The summed E-state index contributed by atoms with van der Waals surface area (Å²) in [7, 11) is 1.60. The molecule has 0 amide bonds. The van der Waals surface area contributed by atoms with E-state index in [4.69, 9.17) is 10.5 Å². The highest BCUT2D eigenvalue weighted by molar-refractivity contribution is 8.14. The lowest BCUT2D eigenvalue weighted by Crippen LogP contribution is -2.26. The van der Waals surface area contributed by atoms with E-state index in [2.05, 4.69) is 4.99 Å². The number of benzene rings is 2. The Hall–Kier alpha value is -2.54. The zero-order chi connectivity index (χ0) is 16.4. The van der Waals surface area contributed by atoms with Gasteiger partial charge in [-0.25, -0.2) is 4.99 Å². The lowest BCUT2D eigenvalue weighted by molar-refractivity contribution is -0.384. The van der Waals surface area contributed by atoms with Gasteiger partial charge in [-0.05, 0) is 23.3 Å². The first-order chi connectivity index (χ1) is 11.0. The van der Waals surface area contributed by atoms with Crippen molar-refractivity contribution in [3.8, 4) is 5.75 Å². The second-order valence-electron chi connectivity index (χ2n) is 5.13. The smallest absolute Gasteiger partial charge is 0.269 e. The fourth-order valence-corrected chi connectivity index (χ4v) is 3.61. The minimum atomic E-state index is -0.715. The molecule has 0 saturated carbocycles. The van der Waals surface area contributed by atoms with E-state index < -0.39 is 10.5 Å². The van der Waals surface area contributed by atoms with Crippen molar-refractivity contribution in [3.05, 3.63) is 69.8 Å². The summed E-state index contributed by atoms with van der Waals surface area (Å²) >= 11 is 1.44. The number of aliphatic imine (C=N–C) groups is 1. The number of thioether (sulfide) groups is 1. The van der Waals surface area contributed by atoms with E-state index in [1.165, 1.54) is 17.8 Å². The second kappa shape index (κ2) is 5.92. The molecule has 0 radical (unpaired) electrons. The molecule has 1 aliphatic heterocycles. The number of methoxy groups -OCH3 is 1. The average Bonchev–Trinajstić information content (AvgIpc) is 2.98. The number of nitrogens with two attached hydrogens (primary N) is 1. The molecule has 0 spiro atoms. The van der Waals surface area contributed by atoms with E-state index in [1.54, 1.807) is 19.2 Å². The van der Waals surface area contributed by atoms with Gasteiger partial charge in [0.1, 0.15) is 11.3 Å². The molecule has 1 aliphatic rings. The van der Waals surface area contributed by atoms with E-state index in [1.807, 2.05) is 30.3 Å². The molecule has 0 aromatic heterocycles. The predicted molar refractivity (Wildman–Crippen MR) is 91.0 cm³/mol. The van der Waals surface area contributed by atoms with Crippen LogP contribution < -0.4 is 10.5 Å². The fraction of sp³-hybridized carbons (Fsp3) is 0.188. The van der Waals surface area contributed by atoms with Gasteiger partial charge in [0.05, 0.1) is 12.0 Å². The molecule has 1 atom stereocenters. The third kappa shape index (κ3) is 2.75. The van der Waals surface area contributed by atoms with Gasteiger partial charge in [-0.3, -0.25) is 10.1 Å². The van der Waals surface area contributed by atoms with Gasteiger partial charge in [0, 0.05) is 17.9 Å². The zero-order valence-corrected chi connectivity index (χ0v) is 13.2. The van der Waals surface area contributed by atoms with E-state index in [9.17, 15) is 10.1 Å². The van der Waals surface area contributed by atoms with Gasteiger partial charge in [0.25, 0.3) is 5.69 Å². The Labute approximate surface area is 137 Å². The van der Waals surface area contributed by atoms with Crippen LogP contribution >= 0.6 is 11.8 Å². The van der Waals surface area contributed by atoms with Crippen LogP contribution in [0.2, 0.25) is 0 Å². The molecule has 118 valence electrons. The van der Waals surface area contributed by atoms with Crippen molar-refractivity contribution in [1.82, 2.24) is 0 Å². The molecule has 1 unspecified atom stereocenters. The molecule has 3 rings (SSSR count). The van der Waals surface area contributed by atoms with E-state index in [0.29, 0.717) is 10.9 Å². The van der Waals surface area contributed by atoms with E-state index in [-0.39, 0.29) is 5.69 Å². The van der Waals surface area contributed by atoms with Crippen LogP contribution in [0, 0.1) is 10.1 Å². The maximum absolute atomic E-state index is 11.1. The van der Waals surface area contributed by atoms with Crippen LogP contribution in [0.3, 0.4) is 0 Å². The van der Waals surface area contributed by atoms with Crippen molar-refractivity contribution in [2.75, 3.05) is 12.9 Å². The van der Waals surface area contributed by atoms with E-state index in [0.717, 1.165) is 16.9 Å². The Balaban J connectivity index is 2.14. The van der Waals surface area contributed by atoms with Crippen molar-refractivity contribution < 1.29 is 9.66 Å². The number of hydrogen-bond acceptors (Lipinski definition) is 6. The Bertz CT molecular complexity index is 776. The normalized spacial score (nSPS) is 20.1. The van der Waals surface area contributed by atoms with Crippen LogP contribution in [-0.2, 0) is 5.54 Å². The lowest BCUT2D eigenvalue weighted by Gasteiger charge is -2.26. The lowest BCUT2D eigenvalue weighted by atomic mass is 9.85. The van der Waals surface area contributed by atoms with Gasteiger partial charge < -0.3 is 10.5 Å². The molecule has 6 nitrogen and oxygen atoms in total. The van der Waals surface area contributed by atoms with Gasteiger partial charge in [0.15, 0.2) is 5.17 Å². The molecule has 2 aromatic rings. The average molecular weight is 329 g/mol. The van der Waals surface area contributed by atoms with Crippen LogP contribution in [-0.4, -0.2) is 23.0 Å². The molecule has 0 aliphatic carbocycles. The first kappa shape index (κ1) is 15.4. The molecule has 7 heteroatoms. The Morgan fingerprint density at radius 3 is 2.57 bits per heavy atom. The zero-order valence-electron chi connectivity index (χ0n) is 12.4. The van der Waals surface area contributed by atoms with Gasteiger partial charge in [-0.2, -0.15) is 0 Å². The Morgan fingerprint density at radius 1 is 1.26 bits per heavy atom. The molecule has 23 heavy (non-hydrogen) atoms. The van der Waals surface area contributed by atoms with Crippen molar-refractivity contribution in [2.45, 2.75) is 5.54 Å². The van der Waals surface area contributed by atoms with Crippen LogP contribution in [0.25, 0.3) is 0 Å². The van der Waals surface area contributed by atoms with E-state index >= 15 is 0 Å². The summed E-state index contributed by atoms with van der Waals surface area (Å²) in [6, 6.07) is 14.1. The summed E-state index contributed by atoms with van der Waals surface area (Å²) in [5.74, 6) is 1.34. The SMILES string of the molecule is COc1ccc(C2(c3cccc([N+](=O)[O-])c3)CSC(N)=N2)cc1. The summed E-state index contributed by atoms with van der Waals surface area (Å²) in [6.07, 6.45) is 0. The van der Waals surface area contributed by atoms with Gasteiger partial charge in [-0.15, -0.1) is 0 Å². The largest absolute Gasteiger partial charge is 0.497 e. The standard InChI is InChI=1S/C16H15N3O3S/c1-22-14-7-5-11(6-8-14)16(10-23-15(17)18-16)12-3-2-4-13(9-12)19(20)21/h2-9H,10H2,1H3,(H2,17,18). The van der Waals surface area contributed by atoms with Gasteiger partial charge in [0.2, 0.25) is 0 Å². The number of nitro groups is 1. The summed E-state index contributed by atoms with van der Waals surface area (Å²) in [5, 5.41) is 11.6. The first-order valence-corrected chi connectivity index (χ1v) is 7.91. The van der Waals surface area contributed by atoms with Crippen LogP contribution in [0.15, 0.2) is 53.5 Å². The maximum Gasteiger partial charge on any atom is 0.269 e. The molecule has 0 fully saturated rings. The Kier molecular flexibility index (Phi) is 3.96. The van der Waals surface area contributed by atoms with Crippen molar-refractivity contribution >= 4 is 22.6 Å². The third-order valence-corrected chi connectivity index (χ3v) is 4.78. The van der Waals surface area contributed by atoms with Crippen LogP contribution in [0.1, 0.15) is 11.1 Å². The monoisotopic (exact) mass is 329 g/mol. The number of rotatable bonds is 4. The van der Waals surface area contributed by atoms with Crippen LogP contribution in [0.5, 0.6) is 5.75 Å². The molecule has 0 saturated heterocycles. The third-order valence-electron chi connectivity index (χ3n) is 3.83.